The van der Waals surface area contributed by atoms with E-state index in [1.165, 1.54) is 24.3 Å². The second kappa shape index (κ2) is 10.0. The van der Waals surface area contributed by atoms with Gasteiger partial charge < -0.3 is 11.1 Å². The molecule has 3 aromatic carbocycles. The number of rotatable bonds is 6. The molecule has 1 aromatic heterocycles. The molecule has 5 rings (SSSR count). The summed E-state index contributed by atoms with van der Waals surface area (Å²) >= 11 is 6.00. The minimum atomic E-state index is -4.03. The van der Waals surface area contributed by atoms with Crippen LogP contribution < -0.4 is 15.8 Å². The van der Waals surface area contributed by atoms with Gasteiger partial charge in [0.2, 0.25) is 0 Å². The predicted molar refractivity (Wildman–Crippen MR) is 143 cm³/mol. The van der Waals surface area contributed by atoms with Gasteiger partial charge >= 0.3 is 0 Å². The summed E-state index contributed by atoms with van der Waals surface area (Å²) in [7, 11) is -4.03. The molecule has 0 amide bonds. The first-order valence-corrected chi connectivity index (χ1v) is 13.6. The lowest BCUT2D eigenvalue weighted by atomic mass is 9.92. The molecule has 0 bridgehead atoms. The molecule has 6 nitrogen and oxygen atoms in total. The van der Waals surface area contributed by atoms with Crippen LogP contribution in [0.5, 0.6) is 0 Å². The topological polar surface area (TPSA) is 97.1 Å². The summed E-state index contributed by atoms with van der Waals surface area (Å²) in [4.78, 5) is 4.45. The summed E-state index contributed by atoms with van der Waals surface area (Å²) in [5, 5.41) is 5.52. The Morgan fingerprint density at radius 2 is 1.64 bits per heavy atom. The van der Waals surface area contributed by atoms with E-state index in [0.717, 1.165) is 47.8 Å². The van der Waals surface area contributed by atoms with Crippen LogP contribution in [0, 0.1) is 5.82 Å². The zero-order valence-corrected chi connectivity index (χ0v) is 21.0. The van der Waals surface area contributed by atoms with Crippen molar-refractivity contribution in [1.82, 2.24) is 4.98 Å². The van der Waals surface area contributed by atoms with Crippen LogP contribution in [0.4, 0.5) is 15.9 Å². The van der Waals surface area contributed by atoms with Crippen LogP contribution >= 0.6 is 11.6 Å². The minimum Gasteiger partial charge on any atom is -0.367 e. The van der Waals surface area contributed by atoms with Crippen LogP contribution in [0.3, 0.4) is 0 Å². The summed E-state index contributed by atoms with van der Waals surface area (Å²) in [6, 6.07) is 18.9. The number of anilines is 2. The van der Waals surface area contributed by atoms with Crippen LogP contribution in [-0.2, 0) is 10.0 Å². The number of fused-ring (bicyclic) bond motifs is 1. The Hall–Kier alpha value is -3.20. The van der Waals surface area contributed by atoms with E-state index in [1.807, 2.05) is 24.3 Å². The first-order chi connectivity index (χ1) is 17.3. The molecule has 1 heterocycles. The molecular formula is C27H26ClFN4O2S. The second-order valence-electron chi connectivity index (χ2n) is 9.12. The highest BCUT2D eigenvalue weighted by Gasteiger charge is 2.20. The Balaban J connectivity index is 1.34. The van der Waals surface area contributed by atoms with Crippen molar-refractivity contribution in [1.29, 1.82) is 0 Å². The van der Waals surface area contributed by atoms with Gasteiger partial charge in [-0.1, -0.05) is 41.9 Å². The standard InChI is InChI=1S/C27H26ClFN4O2S/c28-23-3-1-2-4-26(23)36(34,35)33-25-12-7-18(14-24(25)29)17-5-6-19-15-27(31-16-20(19)13-17)32-22-10-8-21(30)9-11-22/h1-7,12-16,21-22,33H,8-11,30H2,(H,31,32)/t21-,22-. The van der Waals surface area contributed by atoms with Gasteiger partial charge in [-0.05, 0) is 78.6 Å². The van der Waals surface area contributed by atoms with Crippen molar-refractivity contribution in [3.8, 4) is 11.1 Å². The quantitative estimate of drug-likeness (QED) is 0.280. The largest absolute Gasteiger partial charge is 0.367 e. The molecule has 0 spiro atoms. The Kier molecular flexibility index (Phi) is 6.83. The highest BCUT2D eigenvalue weighted by atomic mass is 35.5. The van der Waals surface area contributed by atoms with Crippen LogP contribution in [0.2, 0.25) is 5.02 Å². The number of nitrogens with two attached hydrogens (primary N) is 1. The van der Waals surface area contributed by atoms with Crippen molar-refractivity contribution < 1.29 is 12.8 Å². The third-order valence-electron chi connectivity index (χ3n) is 6.52. The number of pyridine rings is 1. The Labute approximate surface area is 214 Å². The van der Waals surface area contributed by atoms with E-state index >= 15 is 0 Å². The van der Waals surface area contributed by atoms with Gasteiger partial charge in [0.15, 0.2) is 0 Å². The van der Waals surface area contributed by atoms with Crippen molar-refractivity contribution in [3.63, 3.8) is 0 Å². The van der Waals surface area contributed by atoms with Crippen LogP contribution in [-0.4, -0.2) is 25.5 Å². The molecule has 0 radical (unpaired) electrons. The number of aromatic nitrogens is 1. The molecule has 1 fully saturated rings. The molecule has 4 N–H and O–H groups in total. The van der Waals surface area contributed by atoms with Crippen molar-refractivity contribution in [2.45, 2.75) is 42.7 Å². The number of nitrogens with one attached hydrogen (secondary N) is 2. The monoisotopic (exact) mass is 524 g/mol. The lowest BCUT2D eigenvalue weighted by Crippen LogP contribution is -2.32. The summed E-state index contributed by atoms with van der Waals surface area (Å²) in [5.41, 5.74) is 7.26. The highest BCUT2D eigenvalue weighted by Crippen LogP contribution is 2.30. The number of hydrogen-bond donors (Lipinski definition) is 3. The fourth-order valence-electron chi connectivity index (χ4n) is 4.51. The smallest absolute Gasteiger partial charge is 0.263 e. The fraction of sp³-hybridized carbons (Fsp3) is 0.222. The van der Waals surface area contributed by atoms with Gasteiger partial charge in [-0.15, -0.1) is 0 Å². The summed E-state index contributed by atoms with van der Waals surface area (Å²) in [6.45, 7) is 0. The molecule has 1 aliphatic rings. The number of halogens is 2. The van der Waals surface area contributed by atoms with Crippen molar-refractivity contribution in [2.75, 3.05) is 10.0 Å². The molecule has 4 aromatic rings. The Morgan fingerprint density at radius 1 is 0.917 bits per heavy atom. The lowest BCUT2D eigenvalue weighted by molar-refractivity contribution is 0.410. The van der Waals surface area contributed by atoms with Gasteiger partial charge in [-0.25, -0.2) is 17.8 Å². The van der Waals surface area contributed by atoms with Gasteiger partial charge in [0.25, 0.3) is 10.0 Å². The number of benzene rings is 3. The lowest BCUT2D eigenvalue weighted by Gasteiger charge is -2.27. The molecule has 0 aliphatic heterocycles. The third-order valence-corrected chi connectivity index (χ3v) is 8.38. The summed E-state index contributed by atoms with van der Waals surface area (Å²) in [5.74, 6) is 0.144. The average molecular weight is 525 g/mol. The molecule has 0 unspecified atom stereocenters. The zero-order valence-electron chi connectivity index (χ0n) is 19.4. The Morgan fingerprint density at radius 3 is 2.39 bits per heavy atom. The van der Waals surface area contributed by atoms with E-state index in [9.17, 15) is 12.8 Å². The van der Waals surface area contributed by atoms with Gasteiger partial charge in [-0.3, -0.25) is 4.72 Å². The van der Waals surface area contributed by atoms with E-state index in [1.54, 1.807) is 24.4 Å². The van der Waals surface area contributed by atoms with E-state index in [-0.39, 0.29) is 15.6 Å². The third kappa shape index (κ3) is 5.31. The zero-order chi connectivity index (χ0) is 25.3. The normalized spacial score (nSPS) is 18.2. The number of nitrogens with zero attached hydrogens (tertiary/aromatic N) is 1. The van der Waals surface area contributed by atoms with Crippen molar-refractivity contribution in [3.05, 3.63) is 83.8 Å². The van der Waals surface area contributed by atoms with Crippen LogP contribution in [0.15, 0.2) is 77.8 Å². The molecule has 36 heavy (non-hydrogen) atoms. The van der Waals surface area contributed by atoms with Crippen molar-refractivity contribution >= 4 is 43.9 Å². The van der Waals surface area contributed by atoms with Crippen LogP contribution in [0.25, 0.3) is 21.9 Å². The average Bonchev–Trinajstić information content (AvgIpc) is 2.86. The van der Waals surface area contributed by atoms with Crippen molar-refractivity contribution in [2.24, 2.45) is 5.73 Å². The Bertz CT molecular complexity index is 1520. The van der Waals surface area contributed by atoms with E-state index in [2.05, 4.69) is 15.0 Å². The highest BCUT2D eigenvalue weighted by molar-refractivity contribution is 7.92. The molecule has 0 saturated heterocycles. The van der Waals surface area contributed by atoms with Gasteiger partial charge in [-0.2, -0.15) is 0 Å². The molecule has 1 saturated carbocycles. The first-order valence-electron chi connectivity index (χ1n) is 11.8. The maximum absolute atomic E-state index is 14.9. The SMILES string of the molecule is N[C@H]1CC[C@H](Nc2cc3ccc(-c4ccc(NS(=O)(=O)c5ccccc5Cl)c(F)c4)cc3cn2)CC1. The van der Waals surface area contributed by atoms with E-state index in [0.29, 0.717) is 17.6 Å². The first kappa shape index (κ1) is 24.5. The predicted octanol–water partition coefficient (Wildman–Crippen LogP) is 6.18. The summed E-state index contributed by atoms with van der Waals surface area (Å²) in [6.07, 6.45) is 5.92. The molecule has 1 aliphatic carbocycles. The molecule has 0 atom stereocenters. The second-order valence-corrected chi connectivity index (χ2v) is 11.2. The van der Waals surface area contributed by atoms with Gasteiger partial charge in [0.05, 0.1) is 10.7 Å². The maximum atomic E-state index is 14.9. The molecule has 9 heteroatoms. The number of sulfonamides is 1. The molecular weight excluding hydrogens is 499 g/mol. The van der Waals surface area contributed by atoms with Crippen LogP contribution in [0.1, 0.15) is 25.7 Å². The van der Waals surface area contributed by atoms with E-state index in [4.69, 9.17) is 17.3 Å². The fourth-order valence-corrected chi connectivity index (χ4v) is 6.10. The van der Waals surface area contributed by atoms with E-state index < -0.39 is 15.8 Å². The number of hydrogen-bond acceptors (Lipinski definition) is 5. The minimum absolute atomic E-state index is 0.0631. The summed E-state index contributed by atoms with van der Waals surface area (Å²) < 4.78 is 42.5. The van der Waals surface area contributed by atoms with Gasteiger partial charge in [0.1, 0.15) is 16.5 Å². The molecule has 186 valence electrons. The van der Waals surface area contributed by atoms with Gasteiger partial charge in [0, 0.05) is 23.7 Å². The maximum Gasteiger partial charge on any atom is 0.263 e.